The van der Waals surface area contributed by atoms with Crippen LogP contribution in [0, 0.1) is 12.7 Å². The topological polar surface area (TPSA) is 88.9 Å². The number of carbonyl (C=O) groups excluding carboxylic acids is 2. The molecular formula is C16H20FN5O2. The second-order valence-corrected chi connectivity index (χ2v) is 5.58. The lowest BCUT2D eigenvalue weighted by Gasteiger charge is -2.06. The Balaban J connectivity index is 1.80. The molecule has 2 rings (SSSR count). The standard InChI is InChI=1S/C16H20FN5O2/c1-10(2)22-11(3)19-16(21-22)20-14(23)8-9-18-15(24)12-4-6-13(17)7-5-12/h4-7,10H,8-9H2,1-3H3,(H,18,24)(H,20,21,23). The first-order valence-electron chi connectivity index (χ1n) is 7.63. The minimum Gasteiger partial charge on any atom is -0.352 e. The van der Waals surface area contributed by atoms with E-state index in [2.05, 4.69) is 20.7 Å². The maximum Gasteiger partial charge on any atom is 0.251 e. The highest BCUT2D eigenvalue weighted by molar-refractivity contribution is 5.95. The summed E-state index contributed by atoms with van der Waals surface area (Å²) in [6, 6.07) is 5.34. The summed E-state index contributed by atoms with van der Waals surface area (Å²) in [5.41, 5.74) is 0.338. The van der Waals surface area contributed by atoms with Gasteiger partial charge in [-0.25, -0.2) is 9.07 Å². The van der Waals surface area contributed by atoms with E-state index in [0.717, 1.165) is 0 Å². The average Bonchev–Trinajstić information content (AvgIpc) is 2.88. The van der Waals surface area contributed by atoms with Crippen LogP contribution in [-0.4, -0.2) is 33.1 Å². The van der Waals surface area contributed by atoms with Crippen molar-refractivity contribution in [1.29, 1.82) is 0 Å². The monoisotopic (exact) mass is 333 g/mol. The summed E-state index contributed by atoms with van der Waals surface area (Å²) in [6.07, 6.45) is 0.0855. The van der Waals surface area contributed by atoms with Gasteiger partial charge < -0.3 is 5.32 Å². The van der Waals surface area contributed by atoms with Crippen LogP contribution in [0.1, 0.15) is 42.5 Å². The van der Waals surface area contributed by atoms with Crippen molar-refractivity contribution in [2.24, 2.45) is 0 Å². The number of hydrogen-bond acceptors (Lipinski definition) is 4. The van der Waals surface area contributed by atoms with E-state index in [0.29, 0.717) is 11.4 Å². The first-order chi connectivity index (χ1) is 11.4. The molecule has 0 aliphatic rings. The molecule has 0 unspecified atom stereocenters. The van der Waals surface area contributed by atoms with Crippen molar-refractivity contribution in [3.63, 3.8) is 0 Å². The maximum absolute atomic E-state index is 12.8. The first kappa shape index (κ1) is 17.6. The number of nitrogens with zero attached hydrogens (tertiary/aromatic N) is 3. The van der Waals surface area contributed by atoms with Crippen LogP contribution in [0.3, 0.4) is 0 Å². The van der Waals surface area contributed by atoms with Gasteiger partial charge in [0, 0.05) is 24.6 Å². The Morgan fingerprint density at radius 1 is 1.25 bits per heavy atom. The van der Waals surface area contributed by atoms with Gasteiger partial charge in [0.05, 0.1) is 0 Å². The van der Waals surface area contributed by atoms with Crippen LogP contribution in [0.5, 0.6) is 0 Å². The summed E-state index contributed by atoms with van der Waals surface area (Å²) < 4.78 is 14.5. The highest BCUT2D eigenvalue weighted by Gasteiger charge is 2.12. The number of anilines is 1. The Kier molecular flexibility index (Phi) is 5.62. The van der Waals surface area contributed by atoms with Crippen molar-refractivity contribution < 1.29 is 14.0 Å². The molecule has 0 saturated heterocycles. The Bertz CT molecular complexity index is 725. The fourth-order valence-corrected chi connectivity index (χ4v) is 2.12. The van der Waals surface area contributed by atoms with Gasteiger partial charge in [0.25, 0.3) is 5.91 Å². The van der Waals surface area contributed by atoms with Gasteiger partial charge in [-0.15, -0.1) is 5.10 Å². The van der Waals surface area contributed by atoms with Crippen molar-refractivity contribution in [2.75, 3.05) is 11.9 Å². The summed E-state index contributed by atoms with van der Waals surface area (Å²) in [7, 11) is 0. The van der Waals surface area contributed by atoms with E-state index in [4.69, 9.17) is 0 Å². The predicted octanol–water partition coefficient (Wildman–Crippen LogP) is 2.07. The number of halogens is 1. The van der Waals surface area contributed by atoms with Gasteiger partial charge in [-0.05, 0) is 45.0 Å². The zero-order valence-corrected chi connectivity index (χ0v) is 13.8. The summed E-state index contributed by atoms with van der Waals surface area (Å²) >= 11 is 0. The van der Waals surface area contributed by atoms with Crippen molar-refractivity contribution in [3.8, 4) is 0 Å². The normalized spacial score (nSPS) is 10.7. The van der Waals surface area contributed by atoms with Gasteiger partial charge in [-0.2, -0.15) is 4.98 Å². The lowest BCUT2D eigenvalue weighted by atomic mass is 10.2. The molecule has 128 valence electrons. The minimum absolute atomic E-state index is 0.0855. The molecule has 0 fully saturated rings. The van der Waals surface area contributed by atoms with Gasteiger partial charge in [0.1, 0.15) is 11.6 Å². The van der Waals surface area contributed by atoms with Gasteiger partial charge in [-0.3, -0.25) is 14.9 Å². The fourth-order valence-electron chi connectivity index (χ4n) is 2.12. The molecule has 7 nitrogen and oxygen atoms in total. The van der Waals surface area contributed by atoms with Crippen LogP contribution >= 0.6 is 0 Å². The maximum atomic E-state index is 12.8. The first-order valence-corrected chi connectivity index (χ1v) is 7.63. The lowest BCUT2D eigenvalue weighted by molar-refractivity contribution is -0.116. The highest BCUT2D eigenvalue weighted by Crippen LogP contribution is 2.09. The third kappa shape index (κ3) is 4.61. The van der Waals surface area contributed by atoms with Crippen LogP contribution in [-0.2, 0) is 4.79 Å². The molecule has 1 heterocycles. The van der Waals surface area contributed by atoms with Gasteiger partial charge in [0.2, 0.25) is 11.9 Å². The Morgan fingerprint density at radius 2 is 1.92 bits per heavy atom. The number of aryl methyl sites for hydroxylation is 1. The van der Waals surface area contributed by atoms with E-state index in [1.807, 2.05) is 20.8 Å². The van der Waals surface area contributed by atoms with Crippen LogP contribution in [0.2, 0.25) is 0 Å². The van der Waals surface area contributed by atoms with Crippen molar-refractivity contribution in [2.45, 2.75) is 33.2 Å². The van der Waals surface area contributed by atoms with E-state index < -0.39 is 5.82 Å². The van der Waals surface area contributed by atoms with E-state index in [-0.39, 0.29) is 36.8 Å². The largest absolute Gasteiger partial charge is 0.352 e. The van der Waals surface area contributed by atoms with Crippen LogP contribution in [0.4, 0.5) is 10.3 Å². The van der Waals surface area contributed by atoms with Crippen molar-refractivity contribution in [1.82, 2.24) is 20.1 Å². The second kappa shape index (κ2) is 7.67. The van der Waals surface area contributed by atoms with E-state index >= 15 is 0 Å². The molecule has 0 radical (unpaired) electrons. The summed E-state index contributed by atoms with van der Waals surface area (Å²) in [5.74, 6) is -0.105. The second-order valence-electron chi connectivity index (χ2n) is 5.58. The molecule has 8 heteroatoms. The van der Waals surface area contributed by atoms with E-state index in [1.54, 1.807) is 4.68 Å². The molecule has 0 saturated carbocycles. The van der Waals surface area contributed by atoms with Crippen LogP contribution in [0.25, 0.3) is 0 Å². The molecule has 2 amide bonds. The quantitative estimate of drug-likeness (QED) is 0.847. The van der Waals surface area contributed by atoms with Crippen LogP contribution in [0.15, 0.2) is 24.3 Å². The molecule has 24 heavy (non-hydrogen) atoms. The number of aromatic nitrogens is 3. The number of rotatable bonds is 6. The van der Waals surface area contributed by atoms with Gasteiger partial charge in [0.15, 0.2) is 0 Å². The number of amides is 2. The molecule has 0 atom stereocenters. The van der Waals surface area contributed by atoms with E-state index in [1.165, 1.54) is 24.3 Å². The SMILES string of the molecule is Cc1nc(NC(=O)CCNC(=O)c2ccc(F)cc2)nn1C(C)C. The molecule has 0 aliphatic carbocycles. The van der Waals surface area contributed by atoms with Gasteiger partial charge >= 0.3 is 0 Å². The Morgan fingerprint density at radius 3 is 2.50 bits per heavy atom. The molecule has 1 aromatic heterocycles. The molecule has 2 N–H and O–H groups in total. The average molecular weight is 333 g/mol. The Hall–Kier alpha value is -2.77. The third-order valence-electron chi connectivity index (χ3n) is 3.29. The molecule has 0 aliphatic heterocycles. The summed E-state index contributed by atoms with van der Waals surface area (Å²) in [4.78, 5) is 27.9. The summed E-state index contributed by atoms with van der Waals surface area (Å²) in [5, 5.41) is 9.40. The minimum atomic E-state index is -0.408. The number of benzene rings is 1. The van der Waals surface area contributed by atoms with E-state index in [9.17, 15) is 14.0 Å². The zero-order valence-electron chi connectivity index (χ0n) is 13.8. The van der Waals surface area contributed by atoms with Crippen molar-refractivity contribution in [3.05, 3.63) is 41.5 Å². The zero-order chi connectivity index (χ0) is 17.7. The van der Waals surface area contributed by atoms with Gasteiger partial charge in [-0.1, -0.05) is 0 Å². The molecular weight excluding hydrogens is 313 g/mol. The summed E-state index contributed by atoms with van der Waals surface area (Å²) in [6.45, 7) is 5.91. The molecule has 1 aromatic carbocycles. The fraction of sp³-hybridized carbons (Fsp3) is 0.375. The number of hydrogen-bond donors (Lipinski definition) is 2. The van der Waals surface area contributed by atoms with Crippen LogP contribution < -0.4 is 10.6 Å². The predicted molar refractivity (Wildman–Crippen MR) is 87.1 cm³/mol. The number of carbonyl (C=O) groups is 2. The molecule has 2 aromatic rings. The lowest BCUT2D eigenvalue weighted by Crippen LogP contribution is -2.27. The third-order valence-corrected chi connectivity index (χ3v) is 3.29. The number of nitrogens with one attached hydrogen (secondary N) is 2. The highest BCUT2D eigenvalue weighted by atomic mass is 19.1. The molecule has 0 spiro atoms. The Labute approximate surface area is 139 Å². The molecule has 0 bridgehead atoms. The van der Waals surface area contributed by atoms with Crippen molar-refractivity contribution >= 4 is 17.8 Å². The smallest absolute Gasteiger partial charge is 0.251 e.